The number of ether oxygens (including phenoxy) is 1. The summed E-state index contributed by atoms with van der Waals surface area (Å²) in [6.45, 7) is 1.35. The Labute approximate surface area is 98.8 Å². The summed E-state index contributed by atoms with van der Waals surface area (Å²) in [5.74, 6) is -0.336. The molecule has 1 fully saturated rings. The quantitative estimate of drug-likeness (QED) is 0.789. The van der Waals surface area contributed by atoms with Gasteiger partial charge < -0.3 is 15.8 Å². The Morgan fingerprint density at radius 3 is 2.94 bits per heavy atom. The zero-order chi connectivity index (χ0) is 11.5. The van der Waals surface area contributed by atoms with Crippen LogP contribution in [0.1, 0.15) is 12.0 Å². The maximum atomic E-state index is 13.6. The van der Waals surface area contributed by atoms with Crippen molar-refractivity contribution >= 4 is 22.9 Å². The SMILES string of the molecule is NC(=S)c1ccc(NC2CCOC2)c(F)c1. The molecular formula is C11H13FN2OS. The third-order valence-electron chi connectivity index (χ3n) is 2.54. The fourth-order valence-electron chi connectivity index (χ4n) is 1.65. The standard InChI is InChI=1S/C11H13FN2OS/c12-9-5-7(11(13)16)1-2-10(9)14-8-3-4-15-6-8/h1-2,5,8,14H,3-4,6H2,(H2,13,16). The lowest BCUT2D eigenvalue weighted by molar-refractivity contribution is 0.195. The van der Waals surface area contributed by atoms with Crippen molar-refractivity contribution < 1.29 is 9.13 Å². The minimum atomic E-state index is -0.336. The van der Waals surface area contributed by atoms with E-state index in [-0.39, 0.29) is 16.8 Å². The summed E-state index contributed by atoms with van der Waals surface area (Å²) in [5.41, 5.74) is 6.43. The van der Waals surface area contributed by atoms with Crippen molar-refractivity contribution in [3.8, 4) is 0 Å². The monoisotopic (exact) mass is 240 g/mol. The number of thiocarbonyl (C=S) groups is 1. The van der Waals surface area contributed by atoms with Crippen molar-refractivity contribution in [2.45, 2.75) is 12.5 Å². The Kier molecular flexibility index (Phi) is 3.36. The summed E-state index contributed by atoms with van der Waals surface area (Å²) in [6, 6.07) is 4.90. The fourth-order valence-corrected chi connectivity index (χ4v) is 1.78. The lowest BCUT2D eigenvalue weighted by Gasteiger charge is -2.13. The van der Waals surface area contributed by atoms with Crippen molar-refractivity contribution in [2.75, 3.05) is 18.5 Å². The number of nitrogens with one attached hydrogen (secondary N) is 1. The molecule has 1 unspecified atom stereocenters. The van der Waals surface area contributed by atoms with Gasteiger partial charge in [-0.05, 0) is 24.6 Å². The Hall–Kier alpha value is -1.20. The zero-order valence-corrected chi connectivity index (χ0v) is 9.52. The van der Waals surface area contributed by atoms with Crippen molar-refractivity contribution in [3.05, 3.63) is 29.6 Å². The van der Waals surface area contributed by atoms with Gasteiger partial charge in [0, 0.05) is 12.2 Å². The molecule has 0 saturated carbocycles. The second kappa shape index (κ2) is 4.76. The van der Waals surface area contributed by atoms with Crippen molar-refractivity contribution in [2.24, 2.45) is 5.73 Å². The van der Waals surface area contributed by atoms with Gasteiger partial charge in [0.25, 0.3) is 0 Å². The van der Waals surface area contributed by atoms with E-state index in [1.165, 1.54) is 6.07 Å². The van der Waals surface area contributed by atoms with E-state index in [0.29, 0.717) is 17.9 Å². The largest absolute Gasteiger partial charge is 0.389 e. The molecule has 1 atom stereocenters. The average molecular weight is 240 g/mol. The third-order valence-corrected chi connectivity index (χ3v) is 2.78. The van der Waals surface area contributed by atoms with Crippen LogP contribution >= 0.6 is 12.2 Å². The van der Waals surface area contributed by atoms with Gasteiger partial charge in [-0.15, -0.1) is 0 Å². The number of anilines is 1. The van der Waals surface area contributed by atoms with Crippen LogP contribution < -0.4 is 11.1 Å². The summed E-state index contributed by atoms with van der Waals surface area (Å²) < 4.78 is 18.9. The summed E-state index contributed by atoms with van der Waals surface area (Å²) in [6.07, 6.45) is 0.899. The molecule has 1 aliphatic heterocycles. The molecule has 1 aliphatic rings. The van der Waals surface area contributed by atoms with Crippen molar-refractivity contribution in [1.82, 2.24) is 0 Å². The molecule has 0 aromatic heterocycles. The molecule has 2 rings (SSSR count). The summed E-state index contributed by atoms with van der Waals surface area (Å²) in [5, 5.41) is 3.09. The average Bonchev–Trinajstić information content (AvgIpc) is 2.73. The first-order valence-electron chi connectivity index (χ1n) is 5.10. The Morgan fingerprint density at radius 2 is 2.38 bits per heavy atom. The number of hydrogen-bond acceptors (Lipinski definition) is 3. The Morgan fingerprint density at radius 1 is 1.56 bits per heavy atom. The van der Waals surface area contributed by atoms with E-state index in [4.69, 9.17) is 22.7 Å². The van der Waals surface area contributed by atoms with Crippen LogP contribution in [-0.2, 0) is 4.74 Å². The highest BCUT2D eigenvalue weighted by Crippen LogP contribution is 2.19. The van der Waals surface area contributed by atoms with E-state index in [1.54, 1.807) is 12.1 Å². The first kappa shape index (κ1) is 11.3. The van der Waals surface area contributed by atoms with Crippen molar-refractivity contribution in [1.29, 1.82) is 0 Å². The molecule has 16 heavy (non-hydrogen) atoms. The lowest BCUT2D eigenvalue weighted by atomic mass is 10.1. The van der Waals surface area contributed by atoms with Crippen LogP contribution in [-0.4, -0.2) is 24.2 Å². The predicted molar refractivity (Wildman–Crippen MR) is 65.1 cm³/mol. The van der Waals surface area contributed by atoms with Gasteiger partial charge in [-0.2, -0.15) is 0 Å². The van der Waals surface area contributed by atoms with Crippen LogP contribution in [0.4, 0.5) is 10.1 Å². The van der Waals surface area contributed by atoms with Gasteiger partial charge in [0.2, 0.25) is 0 Å². The van der Waals surface area contributed by atoms with Gasteiger partial charge in [-0.1, -0.05) is 12.2 Å². The third kappa shape index (κ3) is 2.48. The van der Waals surface area contributed by atoms with Crippen LogP contribution in [0.2, 0.25) is 0 Å². The van der Waals surface area contributed by atoms with Crippen molar-refractivity contribution in [3.63, 3.8) is 0 Å². The number of benzene rings is 1. The molecule has 0 amide bonds. The zero-order valence-electron chi connectivity index (χ0n) is 8.70. The van der Waals surface area contributed by atoms with Crippen LogP contribution in [0.5, 0.6) is 0 Å². The molecule has 1 aromatic rings. The van der Waals surface area contributed by atoms with E-state index in [1.807, 2.05) is 0 Å². The molecule has 86 valence electrons. The van der Waals surface area contributed by atoms with Gasteiger partial charge in [0.05, 0.1) is 18.3 Å². The van der Waals surface area contributed by atoms with E-state index < -0.39 is 0 Å². The molecule has 3 nitrogen and oxygen atoms in total. The van der Waals surface area contributed by atoms with Crippen LogP contribution in [0.15, 0.2) is 18.2 Å². The Balaban J connectivity index is 2.12. The summed E-state index contributed by atoms with van der Waals surface area (Å²) >= 11 is 4.78. The lowest BCUT2D eigenvalue weighted by Crippen LogP contribution is -2.20. The number of halogens is 1. The summed E-state index contributed by atoms with van der Waals surface area (Å²) in [7, 11) is 0. The molecule has 0 spiro atoms. The first-order valence-corrected chi connectivity index (χ1v) is 5.51. The molecule has 1 aromatic carbocycles. The summed E-state index contributed by atoms with van der Waals surface area (Å²) in [4.78, 5) is 0.203. The molecule has 5 heteroatoms. The van der Waals surface area contributed by atoms with E-state index in [2.05, 4.69) is 5.32 Å². The molecule has 1 heterocycles. The smallest absolute Gasteiger partial charge is 0.146 e. The predicted octanol–water partition coefficient (Wildman–Crippen LogP) is 1.66. The molecule has 0 radical (unpaired) electrons. The fraction of sp³-hybridized carbons (Fsp3) is 0.364. The van der Waals surface area contributed by atoms with Crippen LogP contribution in [0, 0.1) is 5.82 Å². The van der Waals surface area contributed by atoms with Crippen LogP contribution in [0.3, 0.4) is 0 Å². The number of rotatable bonds is 3. The highest BCUT2D eigenvalue weighted by molar-refractivity contribution is 7.80. The van der Waals surface area contributed by atoms with Crippen LogP contribution in [0.25, 0.3) is 0 Å². The van der Waals surface area contributed by atoms with Gasteiger partial charge in [-0.25, -0.2) is 4.39 Å². The number of nitrogens with two attached hydrogens (primary N) is 1. The minimum Gasteiger partial charge on any atom is -0.389 e. The maximum absolute atomic E-state index is 13.6. The molecule has 1 saturated heterocycles. The van der Waals surface area contributed by atoms with Gasteiger partial charge in [0.1, 0.15) is 10.8 Å². The molecule has 0 aliphatic carbocycles. The van der Waals surface area contributed by atoms with Gasteiger partial charge >= 0.3 is 0 Å². The Bertz CT molecular complexity index is 405. The van der Waals surface area contributed by atoms with Gasteiger partial charge in [0.15, 0.2) is 0 Å². The highest BCUT2D eigenvalue weighted by Gasteiger charge is 2.16. The van der Waals surface area contributed by atoms with Gasteiger partial charge in [-0.3, -0.25) is 0 Å². The molecular weight excluding hydrogens is 227 g/mol. The molecule has 0 bridgehead atoms. The first-order chi connectivity index (χ1) is 7.66. The topological polar surface area (TPSA) is 47.3 Å². The van der Waals surface area contributed by atoms with E-state index >= 15 is 0 Å². The molecule has 3 N–H and O–H groups in total. The van der Waals surface area contributed by atoms with E-state index in [0.717, 1.165) is 13.0 Å². The second-order valence-electron chi connectivity index (χ2n) is 3.76. The van der Waals surface area contributed by atoms with E-state index in [9.17, 15) is 4.39 Å². The maximum Gasteiger partial charge on any atom is 0.146 e. The number of hydrogen-bond donors (Lipinski definition) is 2. The minimum absolute atomic E-state index is 0.185. The second-order valence-corrected chi connectivity index (χ2v) is 4.20. The highest BCUT2D eigenvalue weighted by atomic mass is 32.1. The normalized spacial score (nSPS) is 19.7.